The molecule has 0 aromatic heterocycles. The smallest absolute Gasteiger partial charge is 0.432 e. The molecule has 8 nitrogen and oxygen atoms in total. The van der Waals surface area contributed by atoms with Gasteiger partial charge in [-0.1, -0.05) is 6.07 Å². The highest BCUT2D eigenvalue weighted by Gasteiger charge is 2.62. The largest absolute Gasteiger partial charge is 0.743 e. The Labute approximate surface area is 148 Å². The lowest BCUT2D eigenvalue weighted by Gasteiger charge is -2.29. The Morgan fingerprint density at radius 1 is 1.07 bits per heavy atom. The number of hydrogen-bond donors (Lipinski definition) is 2. The molecule has 0 aliphatic carbocycles. The zero-order valence-electron chi connectivity index (χ0n) is 13.1. The van der Waals surface area contributed by atoms with Gasteiger partial charge < -0.3 is 24.2 Å². The van der Waals surface area contributed by atoms with Gasteiger partial charge in [0.2, 0.25) is 0 Å². The van der Waals surface area contributed by atoms with Crippen LogP contribution in [0.4, 0.5) is 22.0 Å². The second-order valence-corrected chi connectivity index (χ2v) is 6.47. The Balaban J connectivity index is 2.93. The molecule has 0 aliphatic rings. The number of halogens is 5. The summed E-state index contributed by atoms with van der Waals surface area (Å²) >= 11 is 0. The number of rotatable bonds is 8. The first-order valence-electron chi connectivity index (χ1n) is 6.79. The fraction of sp³-hybridized carbons (Fsp3) is 0.462. The first-order valence-corrected chi connectivity index (χ1v) is 8.20. The van der Waals surface area contributed by atoms with Crippen LogP contribution in [0.25, 0.3) is 0 Å². The summed E-state index contributed by atoms with van der Waals surface area (Å²) < 4.78 is 104. The van der Waals surface area contributed by atoms with Gasteiger partial charge in [0.1, 0.15) is 5.75 Å². The van der Waals surface area contributed by atoms with E-state index in [4.69, 9.17) is 14.9 Å². The predicted molar refractivity (Wildman–Crippen MR) is 74.4 cm³/mol. The quantitative estimate of drug-likeness (QED) is 0.354. The van der Waals surface area contributed by atoms with Crippen molar-refractivity contribution >= 4 is 16.1 Å². The van der Waals surface area contributed by atoms with E-state index in [0.717, 1.165) is 12.1 Å². The molecular formula is C13H12F5O8S-. The number of esters is 1. The molecule has 0 heterocycles. The van der Waals surface area contributed by atoms with Crippen molar-refractivity contribution in [3.8, 4) is 5.75 Å². The minimum atomic E-state index is -6.79. The summed E-state index contributed by atoms with van der Waals surface area (Å²) in [6.45, 7) is -2.39. The summed E-state index contributed by atoms with van der Waals surface area (Å²) in [7, 11) is -6.79. The SMILES string of the molecule is O=C(COc1cc(CO)cc(CO)c1)OC(C(F)(F)F)C(F)(F)S(=O)(=O)[O-]. The van der Waals surface area contributed by atoms with Crippen molar-refractivity contribution in [3.63, 3.8) is 0 Å². The molecule has 14 heteroatoms. The van der Waals surface area contributed by atoms with Gasteiger partial charge in [-0.2, -0.15) is 22.0 Å². The molecule has 0 saturated heterocycles. The summed E-state index contributed by atoms with van der Waals surface area (Å²) in [5, 5.41) is 12.1. The summed E-state index contributed by atoms with van der Waals surface area (Å²) in [5.74, 6) is -2.27. The van der Waals surface area contributed by atoms with E-state index < -0.39 is 53.4 Å². The van der Waals surface area contributed by atoms with Gasteiger partial charge in [0.25, 0.3) is 6.10 Å². The molecule has 0 amide bonds. The number of carbonyl (C=O) groups excluding carboxylic acids is 1. The van der Waals surface area contributed by atoms with E-state index in [9.17, 15) is 39.7 Å². The molecule has 1 aromatic carbocycles. The van der Waals surface area contributed by atoms with Crippen LogP contribution in [-0.4, -0.2) is 53.3 Å². The Morgan fingerprint density at radius 3 is 1.93 bits per heavy atom. The maximum atomic E-state index is 13.2. The second kappa shape index (κ2) is 8.33. The monoisotopic (exact) mass is 423 g/mol. The van der Waals surface area contributed by atoms with Gasteiger partial charge in [-0.25, -0.2) is 13.2 Å². The first kappa shape index (κ1) is 23.0. The van der Waals surface area contributed by atoms with Crippen LogP contribution < -0.4 is 4.74 Å². The lowest BCUT2D eigenvalue weighted by atomic mass is 10.1. The zero-order valence-corrected chi connectivity index (χ0v) is 13.9. The summed E-state index contributed by atoms with van der Waals surface area (Å²) in [5.41, 5.74) is 0.393. The van der Waals surface area contributed by atoms with Crippen LogP contribution in [-0.2, 0) is 32.9 Å². The summed E-state index contributed by atoms with van der Waals surface area (Å²) in [6, 6.07) is 3.60. The van der Waals surface area contributed by atoms with Crippen molar-refractivity contribution < 1.29 is 59.4 Å². The van der Waals surface area contributed by atoms with E-state index in [1.807, 2.05) is 0 Å². The molecule has 154 valence electrons. The van der Waals surface area contributed by atoms with E-state index in [1.165, 1.54) is 6.07 Å². The van der Waals surface area contributed by atoms with Gasteiger partial charge in [0.05, 0.1) is 13.2 Å². The molecule has 0 bridgehead atoms. The fourth-order valence-corrected chi connectivity index (χ4v) is 2.20. The van der Waals surface area contributed by atoms with Crippen molar-refractivity contribution in [2.75, 3.05) is 6.61 Å². The molecule has 0 radical (unpaired) electrons. The van der Waals surface area contributed by atoms with Crippen LogP contribution >= 0.6 is 0 Å². The van der Waals surface area contributed by atoms with Crippen LogP contribution in [0.2, 0.25) is 0 Å². The molecule has 1 unspecified atom stereocenters. The van der Waals surface area contributed by atoms with Crippen LogP contribution in [0.1, 0.15) is 11.1 Å². The topological polar surface area (TPSA) is 133 Å². The van der Waals surface area contributed by atoms with Gasteiger partial charge in [0.15, 0.2) is 16.7 Å². The molecular weight excluding hydrogens is 411 g/mol. The third-order valence-electron chi connectivity index (χ3n) is 2.93. The molecule has 1 rings (SSSR count). The molecule has 0 spiro atoms. The minimum Gasteiger partial charge on any atom is -0.743 e. The molecule has 2 N–H and O–H groups in total. The van der Waals surface area contributed by atoms with Crippen molar-refractivity contribution in [1.82, 2.24) is 0 Å². The predicted octanol–water partition coefficient (Wildman–Crippen LogP) is 0.662. The number of carbonyl (C=O) groups is 1. The van der Waals surface area contributed by atoms with Crippen molar-refractivity contribution in [3.05, 3.63) is 29.3 Å². The van der Waals surface area contributed by atoms with Crippen LogP contribution in [0.15, 0.2) is 18.2 Å². The van der Waals surface area contributed by atoms with Crippen molar-refractivity contribution in [2.45, 2.75) is 30.7 Å². The molecule has 0 saturated carbocycles. The van der Waals surface area contributed by atoms with Gasteiger partial charge in [-0.3, -0.25) is 0 Å². The zero-order chi connectivity index (χ0) is 21.0. The standard InChI is InChI=1S/C13H13F5O8S/c14-12(15,16)11(13(17,18)27(22,23)24)26-10(21)6-25-9-2-7(4-19)1-8(3-9)5-20/h1-3,11,19-20H,4-6H2,(H,22,23,24)/p-1. The molecule has 27 heavy (non-hydrogen) atoms. The Hall–Kier alpha value is -2.03. The molecule has 0 aliphatic heterocycles. The second-order valence-electron chi connectivity index (χ2n) is 5.02. The van der Waals surface area contributed by atoms with E-state index in [-0.39, 0.29) is 16.9 Å². The van der Waals surface area contributed by atoms with E-state index in [0.29, 0.717) is 0 Å². The molecule has 1 atom stereocenters. The molecule has 0 fully saturated rings. The van der Waals surface area contributed by atoms with Crippen LogP contribution in [0.5, 0.6) is 5.75 Å². The summed E-state index contributed by atoms with van der Waals surface area (Å²) in [4.78, 5) is 11.4. The summed E-state index contributed by atoms with van der Waals surface area (Å²) in [6.07, 6.45) is -10.6. The Bertz CT molecular complexity index is 755. The van der Waals surface area contributed by atoms with E-state index in [2.05, 4.69) is 4.74 Å². The number of ether oxygens (including phenoxy) is 2. The van der Waals surface area contributed by atoms with Gasteiger partial charge >= 0.3 is 17.4 Å². The first-order chi connectivity index (χ1) is 12.2. The van der Waals surface area contributed by atoms with Crippen molar-refractivity contribution in [1.29, 1.82) is 0 Å². The number of aliphatic hydroxyl groups is 2. The maximum absolute atomic E-state index is 13.2. The lowest BCUT2D eigenvalue weighted by molar-refractivity contribution is -0.259. The highest BCUT2D eigenvalue weighted by Crippen LogP contribution is 2.38. The van der Waals surface area contributed by atoms with E-state index >= 15 is 0 Å². The third-order valence-corrected chi connectivity index (χ3v) is 3.81. The van der Waals surface area contributed by atoms with Crippen LogP contribution in [0, 0.1) is 0 Å². The minimum absolute atomic E-state index is 0.196. The Morgan fingerprint density at radius 2 is 1.56 bits per heavy atom. The van der Waals surface area contributed by atoms with Gasteiger partial charge in [-0.15, -0.1) is 0 Å². The number of alkyl halides is 5. The maximum Gasteiger partial charge on any atom is 0.432 e. The number of hydrogen-bond acceptors (Lipinski definition) is 8. The van der Waals surface area contributed by atoms with Crippen molar-refractivity contribution in [2.24, 2.45) is 0 Å². The third kappa shape index (κ3) is 5.98. The van der Waals surface area contributed by atoms with Gasteiger partial charge in [-0.05, 0) is 23.3 Å². The van der Waals surface area contributed by atoms with E-state index in [1.54, 1.807) is 0 Å². The highest BCUT2D eigenvalue weighted by molar-refractivity contribution is 7.86. The average Bonchev–Trinajstić information content (AvgIpc) is 2.55. The lowest BCUT2D eigenvalue weighted by Crippen LogP contribution is -2.52. The molecule has 1 aromatic rings. The average molecular weight is 423 g/mol. The van der Waals surface area contributed by atoms with Crippen LogP contribution in [0.3, 0.4) is 0 Å². The fourth-order valence-electron chi connectivity index (χ4n) is 1.76. The highest BCUT2D eigenvalue weighted by atomic mass is 32.2. The Kier molecular flexibility index (Phi) is 7.10. The number of aliphatic hydroxyl groups excluding tert-OH is 2. The van der Waals surface area contributed by atoms with Gasteiger partial charge in [0, 0.05) is 0 Å². The number of benzene rings is 1. The normalized spacial score (nSPS) is 13.9.